The molecule has 0 aromatic heterocycles. The van der Waals surface area contributed by atoms with Crippen molar-refractivity contribution in [2.75, 3.05) is 13.7 Å². The van der Waals surface area contributed by atoms with E-state index in [-0.39, 0.29) is 11.6 Å². The van der Waals surface area contributed by atoms with Crippen LogP contribution in [0.25, 0.3) is 6.08 Å². The fourth-order valence-corrected chi connectivity index (χ4v) is 2.46. The lowest BCUT2D eigenvalue weighted by Gasteiger charge is -2.09. The SMILES string of the molecule is CCOc1ccc(C=C2N=C(c3ccc(Cl)cc3)OC2=O)cc1OC. The number of rotatable bonds is 5. The zero-order valence-electron chi connectivity index (χ0n) is 13.8. The molecule has 2 aromatic rings. The molecule has 3 rings (SSSR count). The van der Waals surface area contributed by atoms with Gasteiger partial charge in [-0.25, -0.2) is 9.79 Å². The Morgan fingerprint density at radius 1 is 1.16 bits per heavy atom. The molecule has 6 heteroatoms. The number of halogens is 1. The van der Waals surface area contributed by atoms with Gasteiger partial charge in [0.25, 0.3) is 0 Å². The van der Waals surface area contributed by atoms with Crippen LogP contribution >= 0.6 is 11.6 Å². The molecule has 128 valence electrons. The number of methoxy groups -OCH3 is 1. The third kappa shape index (κ3) is 3.83. The summed E-state index contributed by atoms with van der Waals surface area (Å²) < 4.78 is 16.0. The number of carbonyl (C=O) groups excluding carboxylic acids is 1. The molecule has 0 spiro atoms. The van der Waals surface area contributed by atoms with Crippen molar-refractivity contribution in [1.82, 2.24) is 0 Å². The van der Waals surface area contributed by atoms with Gasteiger partial charge in [-0.3, -0.25) is 0 Å². The Morgan fingerprint density at radius 3 is 2.60 bits per heavy atom. The van der Waals surface area contributed by atoms with Gasteiger partial charge in [0.2, 0.25) is 5.90 Å². The topological polar surface area (TPSA) is 57.1 Å². The second kappa shape index (κ2) is 7.40. The summed E-state index contributed by atoms with van der Waals surface area (Å²) in [6.07, 6.45) is 1.64. The summed E-state index contributed by atoms with van der Waals surface area (Å²) in [6.45, 7) is 2.44. The van der Waals surface area contributed by atoms with E-state index in [0.717, 1.165) is 5.56 Å². The van der Waals surface area contributed by atoms with Crippen LogP contribution in [0.5, 0.6) is 11.5 Å². The van der Waals surface area contributed by atoms with Crippen molar-refractivity contribution in [2.24, 2.45) is 4.99 Å². The molecule has 0 fully saturated rings. The Kier molecular flexibility index (Phi) is 5.05. The molecule has 1 heterocycles. The van der Waals surface area contributed by atoms with Gasteiger partial charge in [-0.15, -0.1) is 0 Å². The van der Waals surface area contributed by atoms with Gasteiger partial charge in [0, 0.05) is 10.6 Å². The van der Waals surface area contributed by atoms with Crippen LogP contribution in [0.4, 0.5) is 0 Å². The molecular formula is C19H16ClNO4. The monoisotopic (exact) mass is 357 g/mol. The molecule has 0 radical (unpaired) electrons. The summed E-state index contributed by atoms with van der Waals surface area (Å²) >= 11 is 5.87. The maximum absolute atomic E-state index is 12.1. The predicted molar refractivity (Wildman–Crippen MR) is 96.2 cm³/mol. The molecule has 0 saturated heterocycles. The maximum atomic E-state index is 12.1. The highest BCUT2D eigenvalue weighted by Gasteiger charge is 2.24. The van der Waals surface area contributed by atoms with Crippen LogP contribution in [0.2, 0.25) is 5.02 Å². The fourth-order valence-electron chi connectivity index (χ4n) is 2.33. The lowest BCUT2D eigenvalue weighted by Crippen LogP contribution is -2.05. The van der Waals surface area contributed by atoms with Gasteiger partial charge in [-0.2, -0.15) is 0 Å². The molecule has 0 aliphatic carbocycles. The van der Waals surface area contributed by atoms with Gasteiger partial charge in [0.05, 0.1) is 13.7 Å². The van der Waals surface area contributed by atoms with Crippen molar-refractivity contribution in [3.05, 3.63) is 64.3 Å². The number of benzene rings is 2. The van der Waals surface area contributed by atoms with Crippen LogP contribution in [0, 0.1) is 0 Å². The quantitative estimate of drug-likeness (QED) is 0.597. The summed E-state index contributed by atoms with van der Waals surface area (Å²) in [5.74, 6) is 0.986. The number of ether oxygens (including phenoxy) is 3. The Balaban J connectivity index is 1.90. The van der Waals surface area contributed by atoms with Crippen LogP contribution < -0.4 is 9.47 Å². The Morgan fingerprint density at radius 2 is 1.92 bits per heavy atom. The van der Waals surface area contributed by atoms with Gasteiger partial charge < -0.3 is 14.2 Å². The number of cyclic esters (lactones) is 1. The second-order valence-corrected chi connectivity index (χ2v) is 5.62. The average molecular weight is 358 g/mol. The first kappa shape index (κ1) is 17.0. The van der Waals surface area contributed by atoms with Crippen molar-refractivity contribution in [2.45, 2.75) is 6.92 Å². The number of carbonyl (C=O) groups is 1. The van der Waals surface area contributed by atoms with Gasteiger partial charge in [-0.05, 0) is 55.0 Å². The standard InChI is InChI=1S/C19H16ClNO4/c1-3-24-16-9-4-12(11-17(16)23-2)10-15-19(22)25-18(21-15)13-5-7-14(20)8-6-13/h4-11H,3H2,1-2H3. The summed E-state index contributed by atoms with van der Waals surface area (Å²) in [5.41, 5.74) is 1.66. The molecule has 0 amide bonds. The smallest absolute Gasteiger partial charge is 0.363 e. The minimum Gasteiger partial charge on any atom is -0.493 e. The molecule has 0 saturated carbocycles. The molecule has 0 N–H and O–H groups in total. The number of esters is 1. The first-order valence-corrected chi connectivity index (χ1v) is 8.08. The largest absolute Gasteiger partial charge is 0.493 e. The molecular weight excluding hydrogens is 342 g/mol. The molecule has 0 atom stereocenters. The summed E-state index contributed by atoms with van der Waals surface area (Å²) in [7, 11) is 1.56. The normalized spacial score (nSPS) is 15.1. The van der Waals surface area contributed by atoms with Crippen LogP contribution in [0.3, 0.4) is 0 Å². The van der Waals surface area contributed by atoms with E-state index in [0.29, 0.717) is 28.7 Å². The maximum Gasteiger partial charge on any atom is 0.363 e. The number of hydrogen-bond acceptors (Lipinski definition) is 5. The molecule has 1 aliphatic heterocycles. The van der Waals surface area contributed by atoms with Gasteiger partial charge in [0.15, 0.2) is 17.2 Å². The second-order valence-electron chi connectivity index (χ2n) is 5.19. The molecule has 2 aromatic carbocycles. The minimum absolute atomic E-state index is 0.219. The van der Waals surface area contributed by atoms with E-state index >= 15 is 0 Å². The summed E-state index contributed by atoms with van der Waals surface area (Å²) in [4.78, 5) is 16.3. The molecule has 0 unspecified atom stereocenters. The van der Waals surface area contributed by atoms with Crippen LogP contribution in [0.1, 0.15) is 18.1 Å². The van der Waals surface area contributed by atoms with Crippen LogP contribution in [-0.4, -0.2) is 25.6 Å². The lowest BCUT2D eigenvalue weighted by atomic mass is 10.1. The van der Waals surface area contributed by atoms with E-state index in [1.807, 2.05) is 13.0 Å². The van der Waals surface area contributed by atoms with E-state index < -0.39 is 5.97 Å². The molecule has 25 heavy (non-hydrogen) atoms. The highest BCUT2D eigenvalue weighted by atomic mass is 35.5. The minimum atomic E-state index is -0.502. The van der Waals surface area contributed by atoms with Crippen LogP contribution in [-0.2, 0) is 9.53 Å². The van der Waals surface area contributed by atoms with Gasteiger partial charge in [0.1, 0.15) is 0 Å². The Hall–Kier alpha value is -2.79. The molecule has 0 bridgehead atoms. The van der Waals surface area contributed by atoms with Gasteiger partial charge >= 0.3 is 5.97 Å². The van der Waals surface area contributed by atoms with E-state index in [2.05, 4.69) is 4.99 Å². The number of hydrogen-bond donors (Lipinski definition) is 0. The fraction of sp³-hybridized carbons (Fsp3) is 0.158. The first-order valence-electron chi connectivity index (χ1n) is 7.70. The summed E-state index contributed by atoms with van der Waals surface area (Å²) in [5, 5.41) is 0.603. The first-order chi connectivity index (χ1) is 12.1. The lowest BCUT2D eigenvalue weighted by molar-refractivity contribution is -0.129. The average Bonchev–Trinajstić information content (AvgIpc) is 2.97. The highest BCUT2D eigenvalue weighted by Crippen LogP contribution is 2.29. The third-order valence-electron chi connectivity index (χ3n) is 3.50. The molecule has 5 nitrogen and oxygen atoms in total. The van der Waals surface area contributed by atoms with Crippen molar-refractivity contribution >= 4 is 29.5 Å². The Labute approximate surface area is 150 Å². The zero-order valence-corrected chi connectivity index (χ0v) is 14.5. The summed E-state index contributed by atoms with van der Waals surface area (Å²) in [6, 6.07) is 12.3. The van der Waals surface area contributed by atoms with E-state index in [9.17, 15) is 4.79 Å². The highest BCUT2D eigenvalue weighted by molar-refractivity contribution is 6.30. The van der Waals surface area contributed by atoms with E-state index in [1.54, 1.807) is 49.6 Å². The van der Waals surface area contributed by atoms with Crippen molar-refractivity contribution in [3.8, 4) is 11.5 Å². The van der Waals surface area contributed by atoms with E-state index in [4.69, 9.17) is 25.8 Å². The van der Waals surface area contributed by atoms with E-state index in [1.165, 1.54) is 0 Å². The number of aliphatic imine (C=N–C) groups is 1. The van der Waals surface area contributed by atoms with Crippen molar-refractivity contribution < 1.29 is 19.0 Å². The zero-order chi connectivity index (χ0) is 17.8. The third-order valence-corrected chi connectivity index (χ3v) is 3.75. The van der Waals surface area contributed by atoms with Gasteiger partial charge in [-0.1, -0.05) is 17.7 Å². The number of nitrogens with zero attached hydrogens (tertiary/aromatic N) is 1. The Bertz CT molecular complexity index is 856. The van der Waals surface area contributed by atoms with Crippen molar-refractivity contribution in [3.63, 3.8) is 0 Å². The predicted octanol–water partition coefficient (Wildman–Crippen LogP) is 4.09. The van der Waals surface area contributed by atoms with Crippen molar-refractivity contribution in [1.29, 1.82) is 0 Å². The molecule has 1 aliphatic rings. The van der Waals surface area contributed by atoms with Crippen LogP contribution in [0.15, 0.2) is 53.2 Å².